The molecule has 1 saturated heterocycles. The van der Waals surface area contributed by atoms with Crippen molar-refractivity contribution >= 4 is 15.7 Å². The number of methoxy groups -OCH3 is 2. The molecule has 0 radical (unpaired) electrons. The summed E-state index contributed by atoms with van der Waals surface area (Å²) < 4.78 is 33.5. The van der Waals surface area contributed by atoms with Gasteiger partial charge in [-0.25, -0.2) is 8.42 Å². The fraction of sp³-hybridized carbons (Fsp3) is 0.538. The summed E-state index contributed by atoms with van der Waals surface area (Å²) in [5.41, 5.74) is 0.993. The molecule has 7 nitrogen and oxygen atoms in total. The molecule has 1 aliphatic heterocycles. The van der Waals surface area contributed by atoms with Gasteiger partial charge in [0.15, 0.2) is 9.84 Å². The van der Waals surface area contributed by atoms with E-state index in [-0.39, 0.29) is 11.5 Å². The lowest BCUT2D eigenvalue weighted by molar-refractivity contribution is 0.0784. The summed E-state index contributed by atoms with van der Waals surface area (Å²) in [4.78, 5) is 16.4. The van der Waals surface area contributed by atoms with E-state index in [9.17, 15) is 13.2 Å². The summed E-state index contributed by atoms with van der Waals surface area (Å²) in [5.74, 6) is -0.265. The van der Waals surface area contributed by atoms with Crippen LogP contribution in [0.1, 0.15) is 16.1 Å². The van der Waals surface area contributed by atoms with Gasteiger partial charge in [-0.3, -0.25) is 9.78 Å². The summed E-state index contributed by atoms with van der Waals surface area (Å²) in [7, 11) is -0.314. The number of hydrogen-bond acceptors (Lipinski definition) is 6. The molecule has 21 heavy (non-hydrogen) atoms. The van der Waals surface area contributed by atoms with E-state index in [0.29, 0.717) is 17.0 Å². The van der Waals surface area contributed by atoms with Crippen molar-refractivity contribution in [1.29, 1.82) is 0 Å². The van der Waals surface area contributed by atoms with E-state index in [4.69, 9.17) is 9.47 Å². The molecule has 0 saturated carbocycles. The number of pyridine rings is 1. The Morgan fingerprint density at radius 2 is 2.10 bits per heavy atom. The van der Waals surface area contributed by atoms with Crippen LogP contribution in [0, 0.1) is 6.92 Å². The highest BCUT2D eigenvalue weighted by molar-refractivity contribution is 7.91. The Bertz CT molecular complexity index is 644. The highest BCUT2D eigenvalue weighted by atomic mass is 32.2. The number of rotatable bonds is 4. The molecular formula is C13H18N2O5S. The van der Waals surface area contributed by atoms with Crippen LogP contribution in [0.25, 0.3) is 0 Å². The number of nitrogens with one attached hydrogen (secondary N) is 1. The third-order valence-corrected chi connectivity index (χ3v) is 5.09. The molecule has 116 valence electrons. The molecule has 0 bridgehead atoms. The lowest BCUT2D eigenvalue weighted by Crippen LogP contribution is -2.43. The van der Waals surface area contributed by atoms with Gasteiger partial charge in [0.2, 0.25) is 0 Å². The molecule has 1 aliphatic rings. The maximum atomic E-state index is 12.3. The Hall–Kier alpha value is -1.67. The van der Waals surface area contributed by atoms with Crippen LogP contribution in [0.15, 0.2) is 12.3 Å². The van der Waals surface area contributed by atoms with Gasteiger partial charge in [0, 0.05) is 12.8 Å². The van der Waals surface area contributed by atoms with E-state index in [1.54, 1.807) is 13.0 Å². The van der Waals surface area contributed by atoms with Crippen molar-refractivity contribution in [2.45, 2.75) is 19.1 Å². The molecule has 2 heterocycles. The van der Waals surface area contributed by atoms with Gasteiger partial charge in [0.25, 0.3) is 5.91 Å². The molecule has 0 aliphatic carbocycles. The van der Waals surface area contributed by atoms with Crippen LogP contribution >= 0.6 is 0 Å². The molecule has 2 rings (SSSR count). The third-order valence-electron chi connectivity index (χ3n) is 3.39. The molecule has 0 aromatic carbocycles. The predicted octanol–water partition coefficient (Wildman–Crippen LogP) is -0.0596. The highest BCUT2D eigenvalue weighted by Gasteiger charge is 2.39. The van der Waals surface area contributed by atoms with Crippen LogP contribution in [0.4, 0.5) is 0 Å². The summed E-state index contributed by atoms with van der Waals surface area (Å²) in [6.07, 6.45) is 0.927. The molecule has 0 unspecified atom stereocenters. The predicted molar refractivity (Wildman–Crippen MR) is 76.2 cm³/mol. The van der Waals surface area contributed by atoms with Crippen molar-refractivity contribution in [2.24, 2.45) is 0 Å². The van der Waals surface area contributed by atoms with E-state index in [1.807, 2.05) is 0 Å². The lowest BCUT2D eigenvalue weighted by atomic mass is 10.1. The SMILES string of the molecule is COc1cnc(C)cc1C(=O)N[C@@H]1CS(=O)(=O)C[C@H]1OC. The smallest absolute Gasteiger partial charge is 0.255 e. The molecule has 1 aromatic rings. The number of carbonyl (C=O) groups excluding carboxylic acids is 1. The second-order valence-corrected chi connectivity index (χ2v) is 7.11. The van der Waals surface area contributed by atoms with Crippen LogP contribution in [0.3, 0.4) is 0 Å². The van der Waals surface area contributed by atoms with Gasteiger partial charge in [0.05, 0.1) is 42.5 Å². The maximum Gasteiger partial charge on any atom is 0.255 e. The van der Waals surface area contributed by atoms with Gasteiger partial charge in [-0.05, 0) is 13.0 Å². The zero-order valence-electron chi connectivity index (χ0n) is 12.1. The van der Waals surface area contributed by atoms with E-state index in [2.05, 4.69) is 10.3 Å². The number of hydrogen-bond donors (Lipinski definition) is 1. The van der Waals surface area contributed by atoms with Crippen molar-refractivity contribution in [3.63, 3.8) is 0 Å². The normalized spacial score (nSPS) is 23.8. The van der Waals surface area contributed by atoms with Crippen molar-refractivity contribution in [3.05, 3.63) is 23.5 Å². The summed E-state index contributed by atoms with van der Waals surface area (Å²) in [6, 6.07) is 1.03. The molecule has 1 aromatic heterocycles. The summed E-state index contributed by atoms with van der Waals surface area (Å²) in [5, 5.41) is 2.70. The number of carbonyl (C=O) groups is 1. The second-order valence-electron chi connectivity index (χ2n) is 4.96. The first-order valence-corrected chi connectivity index (χ1v) is 8.23. The van der Waals surface area contributed by atoms with E-state index < -0.39 is 27.9 Å². The molecule has 1 amide bonds. The Morgan fingerprint density at radius 1 is 1.38 bits per heavy atom. The van der Waals surface area contributed by atoms with Crippen molar-refractivity contribution < 1.29 is 22.7 Å². The minimum atomic E-state index is -3.19. The minimum Gasteiger partial charge on any atom is -0.494 e. The molecule has 0 spiro atoms. The molecule has 2 atom stereocenters. The Balaban J connectivity index is 2.20. The molecule has 1 N–H and O–H groups in total. The van der Waals surface area contributed by atoms with E-state index >= 15 is 0 Å². The third kappa shape index (κ3) is 3.51. The minimum absolute atomic E-state index is 0.0824. The average molecular weight is 314 g/mol. The van der Waals surface area contributed by atoms with Gasteiger partial charge in [-0.2, -0.15) is 0 Å². The number of aromatic nitrogens is 1. The van der Waals surface area contributed by atoms with Crippen molar-refractivity contribution in [3.8, 4) is 5.75 Å². The average Bonchev–Trinajstić information content (AvgIpc) is 2.72. The first-order chi connectivity index (χ1) is 9.86. The van der Waals surface area contributed by atoms with Gasteiger partial charge >= 0.3 is 0 Å². The number of amides is 1. The molecule has 1 fully saturated rings. The number of nitrogens with zero attached hydrogens (tertiary/aromatic N) is 1. The van der Waals surface area contributed by atoms with Gasteiger partial charge < -0.3 is 14.8 Å². The second kappa shape index (κ2) is 5.98. The number of ether oxygens (including phenoxy) is 2. The Kier molecular flexibility index (Phi) is 4.48. The summed E-state index contributed by atoms with van der Waals surface area (Å²) >= 11 is 0. The van der Waals surface area contributed by atoms with E-state index in [1.165, 1.54) is 20.4 Å². The fourth-order valence-electron chi connectivity index (χ4n) is 2.32. The first kappa shape index (κ1) is 15.7. The van der Waals surface area contributed by atoms with Gasteiger partial charge in [-0.1, -0.05) is 0 Å². The van der Waals surface area contributed by atoms with Crippen LogP contribution < -0.4 is 10.1 Å². The van der Waals surface area contributed by atoms with Crippen LogP contribution in [0.2, 0.25) is 0 Å². The first-order valence-electron chi connectivity index (χ1n) is 6.41. The lowest BCUT2D eigenvalue weighted by Gasteiger charge is -2.18. The topological polar surface area (TPSA) is 94.6 Å². The maximum absolute atomic E-state index is 12.3. The quantitative estimate of drug-likeness (QED) is 0.837. The zero-order chi connectivity index (χ0) is 15.6. The van der Waals surface area contributed by atoms with Crippen LogP contribution in [-0.4, -0.2) is 57.2 Å². The monoisotopic (exact) mass is 314 g/mol. The highest BCUT2D eigenvalue weighted by Crippen LogP contribution is 2.20. The fourth-order valence-corrected chi connectivity index (χ4v) is 4.17. The standard InChI is InChI=1S/C13H18N2O5S/c1-8-4-9(11(19-2)5-14-8)13(16)15-10-6-21(17,18)7-12(10)20-3/h4-5,10,12H,6-7H2,1-3H3,(H,15,16)/t10-,12-/m1/s1. The van der Waals surface area contributed by atoms with Gasteiger partial charge in [0.1, 0.15) is 5.75 Å². The Morgan fingerprint density at radius 3 is 2.71 bits per heavy atom. The molecule has 8 heteroatoms. The Labute approximate surface area is 123 Å². The van der Waals surface area contributed by atoms with E-state index in [0.717, 1.165) is 0 Å². The van der Waals surface area contributed by atoms with Gasteiger partial charge in [-0.15, -0.1) is 0 Å². The number of sulfone groups is 1. The van der Waals surface area contributed by atoms with Crippen LogP contribution in [0.5, 0.6) is 5.75 Å². The largest absolute Gasteiger partial charge is 0.494 e. The van der Waals surface area contributed by atoms with Crippen molar-refractivity contribution in [1.82, 2.24) is 10.3 Å². The van der Waals surface area contributed by atoms with Crippen molar-refractivity contribution in [2.75, 3.05) is 25.7 Å². The number of aryl methyl sites for hydroxylation is 1. The zero-order valence-corrected chi connectivity index (χ0v) is 12.9. The summed E-state index contributed by atoms with van der Waals surface area (Å²) in [6.45, 7) is 1.76. The molecular weight excluding hydrogens is 296 g/mol. The van der Waals surface area contributed by atoms with Crippen LogP contribution in [-0.2, 0) is 14.6 Å².